The number of nitrogens with two attached hydrogens (primary N) is 1. The summed E-state index contributed by atoms with van der Waals surface area (Å²) in [5.74, 6) is 0.0894. The van der Waals surface area contributed by atoms with Crippen molar-refractivity contribution in [3.63, 3.8) is 0 Å². The summed E-state index contributed by atoms with van der Waals surface area (Å²) < 4.78 is 42.6. The van der Waals surface area contributed by atoms with E-state index in [0.29, 0.717) is 16.9 Å². The number of carbonyl (C=O) groups is 1. The first-order chi connectivity index (χ1) is 15.7. The Hall–Kier alpha value is -3.56. The first-order valence-electron chi connectivity index (χ1n) is 10.8. The molecule has 1 amide bonds. The molecule has 3 heterocycles. The van der Waals surface area contributed by atoms with Gasteiger partial charge >= 0.3 is 6.18 Å². The van der Waals surface area contributed by atoms with Crippen LogP contribution in [0.1, 0.15) is 53.5 Å². The number of benzene rings is 1. The molecule has 0 spiro atoms. The zero-order valence-corrected chi connectivity index (χ0v) is 17.9. The molecule has 3 aromatic heterocycles. The van der Waals surface area contributed by atoms with Gasteiger partial charge in [-0.3, -0.25) is 13.9 Å². The number of nitrogens with zero attached hydrogens (tertiary/aromatic N) is 4. The number of fused-ring (bicyclic) bond motifs is 2. The molecule has 0 unspecified atom stereocenters. The van der Waals surface area contributed by atoms with Crippen molar-refractivity contribution in [2.24, 2.45) is 5.73 Å². The minimum absolute atomic E-state index is 0.120. The lowest BCUT2D eigenvalue weighted by Crippen LogP contribution is -2.28. The predicted octanol–water partition coefficient (Wildman–Crippen LogP) is 4.71. The summed E-state index contributed by atoms with van der Waals surface area (Å²) in [6.07, 6.45) is -0.0855. The number of hydrogen-bond donors (Lipinski definition) is 2. The van der Waals surface area contributed by atoms with Crippen molar-refractivity contribution in [1.29, 1.82) is 0 Å². The molecule has 3 N–H and O–H groups in total. The van der Waals surface area contributed by atoms with Crippen molar-refractivity contribution in [3.05, 3.63) is 59.5 Å². The highest BCUT2D eigenvalue weighted by molar-refractivity contribution is 6.05. The Balaban J connectivity index is 1.33. The molecule has 1 aromatic carbocycles. The van der Waals surface area contributed by atoms with Gasteiger partial charge in [0.05, 0.1) is 11.6 Å². The number of alkyl halides is 3. The third kappa shape index (κ3) is 3.79. The van der Waals surface area contributed by atoms with Gasteiger partial charge < -0.3 is 11.1 Å². The summed E-state index contributed by atoms with van der Waals surface area (Å²) in [7, 11) is 0. The van der Waals surface area contributed by atoms with Gasteiger partial charge in [0.1, 0.15) is 17.0 Å². The first-order valence-corrected chi connectivity index (χ1v) is 10.8. The van der Waals surface area contributed by atoms with Crippen LogP contribution in [0.4, 0.5) is 19.0 Å². The maximum atomic E-state index is 13.1. The van der Waals surface area contributed by atoms with E-state index in [0.717, 1.165) is 43.0 Å². The number of aromatic nitrogens is 4. The lowest BCUT2D eigenvalue weighted by Gasteiger charge is -2.30. The number of anilines is 1. The number of rotatable bonds is 4. The quantitative estimate of drug-likeness (QED) is 0.466. The van der Waals surface area contributed by atoms with Gasteiger partial charge in [0.25, 0.3) is 5.91 Å². The fraction of sp³-hybridized carbons (Fsp3) is 0.348. The summed E-state index contributed by atoms with van der Waals surface area (Å²) in [5.41, 5.74) is 6.88. The molecule has 0 atom stereocenters. The molecule has 1 fully saturated rings. The number of hydrogen-bond acceptors (Lipinski definition) is 4. The Morgan fingerprint density at radius 2 is 1.85 bits per heavy atom. The number of amides is 1. The van der Waals surface area contributed by atoms with E-state index in [9.17, 15) is 18.0 Å². The lowest BCUT2D eigenvalue weighted by molar-refractivity contribution is -0.140. The molecule has 33 heavy (non-hydrogen) atoms. The smallest absolute Gasteiger partial charge is 0.368 e. The number of primary amides is 1. The van der Waals surface area contributed by atoms with Gasteiger partial charge in [-0.15, -0.1) is 0 Å². The minimum Gasteiger partial charge on any atom is -0.368 e. The average molecular weight is 456 g/mol. The van der Waals surface area contributed by atoms with Crippen LogP contribution < -0.4 is 11.1 Å². The fourth-order valence-electron chi connectivity index (χ4n) is 4.74. The largest absolute Gasteiger partial charge is 0.434 e. The highest BCUT2D eigenvalue weighted by Gasteiger charge is 2.34. The zero-order chi connectivity index (χ0) is 23.3. The Labute approximate surface area is 187 Å². The van der Waals surface area contributed by atoms with Crippen LogP contribution in [0.25, 0.3) is 16.6 Å². The second kappa shape index (κ2) is 7.79. The van der Waals surface area contributed by atoms with E-state index in [4.69, 9.17) is 10.8 Å². The van der Waals surface area contributed by atoms with Crippen molar-refractivity contribution in [2.45, 2.75) is 50.9 Å². The number of pyridine rings is 1. The molecule has 7 nitrogen and oxygen atoms in total. The molecule has 0 radical (unpaired) electrons. The molecule has 172 valence electrons. The molecule has 1 aliphatic carbocycles. The fourth-order valence-corrected chi connectivity index (χ4v) is 4.74. The molecule has 1 aliphatic rings. The van der Waals surface area contributed by atoms with Crippen molar-refractivity contribution in [1.82, 2.24) is 19.2 Å². The third-order valence-corrected chi connectivity index (χ3v) is 6.42. The number of aryl methyl sites for hydroxylation is 1. The van der Waals surface area contributed by atoms with Crippen LogP contribution in [0.5, 0.6) is 0 Å². The standard InChI is InChI=1S/C23H23F3N6O/c1-13-16-4-2-5-17(22(27)33)21(16)30-32(13)15-10-8-14(9-11-15)28-19-6-3-7-20-29-18(12-31(19)20)23(24,25)26/h2-7,12,14-15,28H,8-11H2,1H3,(H2,27,33). The van der Waals surface area contributed by atoms with Crippen LogP contribution >= 0.6 is 0 Å². The maximum absolute atomic E-state index is 13.1. The van der Waals surface area contributed by atoms with Crippen molar-refractivity contribution < 1.29 is 18.0 Å². The van der Waals surface area contributed by atoms with Gasteiger partial charge in [0.2, 0.25) is 0 Å². The van der Waals surface area contributed by atoms with Gasteiger partial charge in [-0.1, -0.05) is 18.2 Å². The summed E-state index contributed by atoms with van der Waals surface area (Å²) in [5, 5.41) is 9.02. The van der Waals surface area contributed by atoms with Crippen molar-refractivity contribution in [2.75, 3.05) is 5.32 Å². The minimum atomic E-state index is -4.49. The summed E-state index contributed by atoms with van der Waals surface area (Å²) >= 11 is 0. The Morgan fingerprint density at radius 3 is 2.55 bits per heavy atom. The highest BCUT2D eigenvalue weighted by atomic mass is 19.4. The summed E-state index contributed by atoms with van der Waals surface area (Å²) in [4.78, 5) is 15.5. The van der Waals surface area contributed by atoms with Gasteiger partial charge in [-0.05, 0) is 50.8 Å². The van der Waals surface area contributed by atoms with E-state index in [1.807, 2.05) is 23.7 Å². The Bertz CT molecular complexity index is 1350. The SMILES string of the molecule is Cc1c2cccc(C(N)=O)c2nn1C1CCC(Nc2cccc3nc(C(F)(F)F)cn23)CC1. The number of nitrogens with one attached hydrogen (secondary N) is 1. The van der Waals surface area contributed by atoms with Crippen LogP contribution in [0.15, 0.2) is 42.6 Å². The lowest BCUT2D eigenvalue weighted by atomic mass is 9.91. The number of carbonyl (C=O) groups excluding carboxylic acids is 1. The van der Waals surface area contributed by atoms with E-state index in [1.165, 1.54) is 4.40 Å². The van der Waals surface area contributed by atoms with Crippen LogP contribution in [0, 0.1) is 6.92 Å². The number of imidazole rings is 1. The highest BCUT2D eigenvalue weighted by Crippen LogP contribution is 2.34. The molecular weight excluding hydrogens is 433 g/mol. The Kier molecular flexibility index (Phi) is 5.02. The molecule has 1 saturated carbocycles. The van der Waals surface area contributed by atoms with E-state index >= 15 is 0 Å². The second-order valence-electron chi connectivity index (χ2n) is 8.51. The van der Waals surface area contributed by atoms with E-state index in [1.54, 1.807) is 24.3 Å². The molecule has 0 aliphatic heterocycles. The molecule has 0 saturated heterocycles. The van der Waals surface area contributed by atoms with Gasteiger partial charge in [0, 0.05) is 23.3 Å². The predicted molar refractivity (Wildman–Crippen MR) is 118 cm³/mol. The molecule has 4 aromatic rings. The topological polar surface area (TPSA) is 90.2 Å². The third-order valence-electron chi connectivity index (χ3n) is 6.42. The monoisotopic (exact) mass is 456 g/mol. The second-order valence-corrected chi connectivity index (χ2v) is 8.51. The molecule has 0 bridgehead atoms. The van der Waals surface area contributed by atoms with Gasteiger partial charge in [0.15, 0.2) is 5.69 Å². The van der Waals surface area contributed by atoms with Gasteiger partial charge in [-0.25, -0.2) is 4.98 Å². The maximum Gasteiger partial charge on any atom is 0.434 e. The van der Waals surface area contributed by atoms with Crippen LogP contribution in [-0.4, -0.2) is 31.1 Å². The van der Waals surface area contributed by atoms with E-state index in [2.05, 4.69) is 10.3 Å². The summed E-state index contributed by atoms with van der Waals surface area (Å²) in [6.45, 7) is 1.99. The zero-order valence-electron chi connectivity index (χ0n) is 17.9. The number of halogens is 3. The van der Waals surface area contributed by atoms with E-state index in [-0.39, 0.29) is 17.7 Å². The van der Waals surface area contributed by atoms with Crippen molar-refractivity contribution >= 4 is 28.3 Å². The van der Waals surface area contributed by atoms with Gasteiger partial charge in [-0.2, -0.15) is 18.3 Å². The molecule has 5 rings (SSSR count). The van der Waals surface area contributed by atoms with Crippen LogP contribution in [0.2, 0.25) is 0 Å². The van der Waals surface area contributed by atoms with Crippen molar-refractivity contribution in [3.8, 4) is 0 Å². The Morgan fingerprint density at radius 1 is 1.12 bits per heavy atom. The summed E-state index contributed by atoms with van der Waals surface area (Å²) in [6, 6.07) is 10.7. The average Bonchev–Trinajstić information content (AvgIpc) is 3.37. The molecule has 10 heteroatoms. The van der Waals surface area contributed by atoms with E-state index < -0.39 is 17.8 Å². The van der Waals surface area contributed by atoms with Crippen LogP contribution in [0.3, 0.4) is 0 Å². The first kappa shape index (κ1) is 21.3. The van der Waals surface area contributed by atoms with Crippen LogP contribution in [-0.2, 0) is 6.18 Å². The molecular formula is C23H23F3N6O. The normalized spacial score (nSPS) is 19.3.